The second-order valence-corrected chi connectivity index (χ2v) is 8.92. The Balaban J connectivity index is 1.66. The van der Waals surface area contributed by atoms with E-state index >= 15 is 0 Å². The SMILES string of the molecule is Cc1ccc2c(c1)c1cc(C)ccc1n2-c1ccc(-c2ncc(C#N)cn2)cc1-c1cnc(C#N)nc1. The number of hydrogen-bond acceptors (Lipinski definition) is 6. The average molecular weight is 478 g/mol. The van der Waals surface area contributed by atoms with E-state index < -0.39 is 0 Å². The van der Waals surface area contributed by atoms with Crippen molar-refractivity contribution in [2.24, 2.45) is 0 Å². The fraction of sp³-hybridized carbons (Fsp3) is 0.0667. The van der Waals surface area contributed by atoms with Gasteiger partial charge in [-0.05, 0) is 56.3 Å². The maximum absolute atomic E-state index is 9.20. The highest BCUT2D eigenvalue weighted by Gasteiger charge is 2.18. The van der Waals surface area contributed by atoms with Gasteiger partial charge in [0.25, 0.3) is 0 Å². The zero-order valence-electron chi connectivity index (χ0n) is 20.1. The van der Waals surface area contributed by atoms with Crippen LogP contribution < -0.4 is 0 Å². The van der Waals surface area contributed by atoms with E-state index in [1.54, 1.807) is 12.4 Å². The molecule has 0 atom stereocenters. The van der Waals surface area contributed by atoms with Gasteiger partial charge in [0.1, 0.15) is 12.1 Å². The summed E-state index contributed by atoms with van der Waals surface area (Å²) in [5, 5.41) is 20.7. The Morgan fingerprint density at radius 3 is 1.84 bits per heavy atom. The predicted molar refractivity (Wildman–Crippen MR) is 142 cm³/mol. The minimum Gasteiger partial charge on any atom is -0.309 e. The maximum atomic E-state index is 9.20. The first-order valence-electron chi connectivity index (χ1n) is 11.7. The van der Waals surface area contributed by atoms with E-state index in [0.29, 0.717) is 11.4 Å². The minimum absolute atomic E-state index is 0.111. The van der Waals surface area contributed by atoms with Gasteiger partial charge in [-0.1, -0.05) is 23.3 Å². The van der Waals surface area contributed by atoms with Crippen molar-refractivity contribution in [2.75, 3.05) is 0 Å². The molecule has 3 heterocycles. The molecule has 174 valence electrons. The van der Waals surface area contributed by atoms with Gasteiger partial charge in [0, 0.05) is 52.3 Å². The molecule has 0 saturated heterocycles. The normalized spacial score (nSPS) is 10.9. The smallest absolute Gasteiger partial charge is 0.232 e. The molecule has 6 aromatic rings. The molecule has 0 aliphatic heterocycles. The number of hydrogen-bond donors (Lipinski definition) is 0. The van der Waals surface area contributed by atoms with E-state index in [4.69, 9.17) is 5.26 Å². The zero-order chi connectivity index (χ0) is 25.5. The van der Waals surface area contributed by atoms with Crippen molar-refractivity contribution >= 4 is 21.8 Å². The molecule has 0 bridgehead atoms. The van der Waals surface area contributed by atoms with Crippen molar-refractivity contribution in [3.8, 4) is 40.3 Å². The van der Waals surface area contributed by atoms with Crippen molar-refractivity contribution in [1.29, 1.82) is 10.5 Å². The molecule has 7 nitrogen and oxygen atoms in total. The van der Waals surface area contributed by atoms with Crippen LogP contribution in [-0.2, 0) is 0 Å². The highest BCUT2D eigenvalue weighted by atomic mass is 15.0. The van der Waals surface area contributed by atoms with Gasteiger partial charge in [0.2, 0.25) is 5.82 Å². The highest BCUT2D eigenvalue weighted by Crippen LogP contribution is 2.38. The summed E-state index contributed by atoms with van der Waals surface area (Å²) in [5.41, 5.74) is 8.34. The second-order valence-electron chi connectivity index (χ2n) is 8.92. The van der Waals surface area contributed by atoms with Crippen LogP contribution >= 0.6 is 0 Å². The van der Waals surface area contributed by atoms with E-state index in [1.165, 1.54) is 34.3 Å². The van der Waals surface area contributed by atoms with Gasteiger partial charge in [-0.25, -0.2) is 19.9 Å². The van der Waals surface area contributed by atoms with Crippen LogP contribution in [0.2, 0.25) is 0 Å². The molecule has 0 unspecified atom stereocenters. The van der Waals surface area contributed by atoms with E-state index in [-0.39, 0.29) is 5.82 Å². The third kappa shape index (κ3) is 3.76. The molecular formula is C30H19N7. The molecule has 0 aliphatic rings. The van der Waals surface area contributed by atoms with Gasteiger partial charge >= 0.3 is 0 Å². The molecule has 0 saturated carbocycles. The molecule has 3 aromatic carbocycles. The Hall–Kier alpha value is -5.40. The van der Waals surface area contributed by atoms with Gasteiger partial charge in [0.15, 0.2) is 5.82 Å². The zero-order valence-corrected chi connectivity index (χ0v) is 20.1. The van der Waals surface area contributed by atoms with Crippen LogP contribution in [0.1, 0.15) is 22.5 Å². The van der Waals surface area contributed by atoms with Crippen LogP contribution in [0.5, 0.6) is 0 Å². The number of fused-ring (bicyclic) bond motifs is 3. The number of benzene rings is 3. The lowest BCUT2D eigenvalue weighted by molar-refractivity contribution is 1.11. The lowest BCUT2D eigenvalue weighted by Gasteiger charge is -2.15. The number of nitriles is 2. The standard InChI is InChI=1S/C30H19N7/c1-18-3-6-27-24(9-18)25-10-19(2)4-7-28(25)37(27)26-8-5-21(30-35-14-20(12-31)15-36-30)11-23(26)22-16-33-29(13-32)34-17-22/h3-11,14-17H,1-2H3. The molecule has 0 aliphatic carbocycles. The quantitative estimate of drug-likeness (QED) is 0.307. The molecule has 0 radical (unpaired) electrons. The number of rotatable bonds is 3. The fourth-order valence-electron chi connectivity index (χ4n) is 4.67. The number of aryl methyl sites for hydroxylation is 2. The van der Waals surface area contributed by atoms with Gasteiger partial charge in [0.05, 0.1) is 22.3 Å². The summed E-state index contributed by atoms with van der Waals surface area (Å²) in [6.07, 6.45) is 6.35. The van der Waals surface area contributed by atoms with Crippen LogP contribution in [-0.4, -0.2) is 24.5 Å². The molecule has 3 aromatic heterocycles. The Labute approximate surface area is 213 Å². The number of nitrogens with zero attached hydrogens (tertiary/aromatic N) is 7. The van der Waals surface area contributed by atoms with Crippen LogP contribution in [0.15, 0.2) is 79.4 Å². The molecule has 37 heavy (non-hydrogen) atoms. The van der Waals surface area contributed by atoms with Gasteiger partial charge < -0.3 is 4.57 Å². The summed E-state index contributed by atoms with van der Waals surface area (Å²) >= 11 is 0. The lowest BCUT2D eigenvalue weighted by Crippen LogP contribution is -2.00. The first kappa shape index (κ1) is 22.1. The summed E-state index contributed by atoms with van der Waals surface area (Å²) in [7, 11) is 0. The largest absolute Gasteiger partial charge is 0.309 e. The fourth-order valence-corrected chi connectivity index (χ4v) is 4.67. The summed E-state index contributed by atoms with van der Waals surface area (Å²) in [4.78, 5) is 17.2. The molecule has 0 fully saturated rings. The van der Waals surface area contributed by atoms with Crippen LogP contribution in [0.25, 0.3) is 50.0 Å². The van der Waals surface area contributed by atoms with Crippen molar-refractivity contribution in [3.05, 3.63) is 102 Å². The molecule has 0 N–H and O–H groups in total. The number of aromatic nitrogens is 5. The molecule has 6 rings (SSSR count). The topological polar surface area (TPSA) is 104 Å². The molecule has 0 spiro atoms. The van der Waals surface area contributed by atoms with Crippen molar-refractivity contribution in [1.82, 2.24) is 24.5 Å². The minimum atomic E-state index is 0.111. The monoisotopic (exact) mass is 477 g/mol. The highest BCUT2D eigenvalue weighted by molar-refractivity contribution is 6.10. The Morgan fingerprint density at radius 2 is 1.27 bits per heavy atom. The molecule has 7 heteroatoms. The van der Waals surface area contributed by atoms with Crippen LogP contribution in [0, 0.1) is 36.5 Å². The van der Waals surface area contributed by atoms with E-state index in [1.807, 2.05) is 24.3 Å². The second kappa shape index (κ2) is 8.67. The Morgan fingerprint density at radius 1 is 0.649 bits per heavy atom. The average Bonchev–Trinajstić information content (AvgIpc) is 3.25. The summed E-state index contributed by atoms with van der Waals surface area (Å²) in [6, 6.07) is 23.0. The summed E-state index contributed by atoms with van der Waals surface area (Å²) in [6.45, 7) is 4.20. The maximum Gasteiger partial charge on any atom is 0.232 e. The lowest BCUT2D eigenvalue weighted by atomic mass is 10.0. The van der Waals surface area contributed by atoms with Gasteiger partial charge in [-0.3, -0.25) is 0 Å². The first-order chi connectivity index (χ1) is 18.1. The van der Waals surface area contributed by atoms with Crippen molar-refractivity contribution < 1.29 is 0 Å². The third-order valence-corrected chi connectivity index (χ3v) is 6.42. The van der Waals surface area contributed by atoms with Gasteiger partial charge in [-0.15, -0.1) is 0 Å². The van der Waals surface area contributed by atoms with Crippen LogP contribution in [0.4, 0.5) is 0 Å². The summed E-state index contributed by atoms with van der Waals surface area (Å²) in [5.74, 6) is 0.620. The van der Waals surface area contributed by atoms with Crippen molar-refractivity contribution in [2.45, 2.75) is 13.8 Å². The van der Waals surface area contributed by atoms with E-state index in [2.05, 4.69) is 80.8 Å². The van der Waals surface area contributed by atoms with Crippen LogP contribution in [0.3, 0.4) is 0 Å². The third-order valence-electron chi connectivity index (χ3n) is 6.42. The van der Waals surface area contributed by atoms with E-state index in [9.17, 15) is 5.26 Å². The van der Waals surface area contributed by atoms with Crippen molar-refractivity contribution in [3.63, 3.8) is 0 Å². The molecular weight excluding hydrogens is 458 g/mol. The first-order valence-corrected chi connectivity index (χ1v) is 11.7. The summed E-state index contributed by atoms with van der Waals surface area (Å²) < 4.78 is 2.25. The Kier molecular flexibility index (Phi) is 5.18. The Bertz CT molecular complexity index is 1840. The van der Waals surface area contributed by atoms with E-state index in [0.717, 1.165) is 33.4 Å². The predicted octanol–water partition coefficient (Wildman–Crippen LogP) is 6.06. The van der Waals surface area contributed by atoms with Gasteiger partial charge in [-0.2, -0.15) is 10.5 Å². The molecule has 0 amide bonds.